The predicted octanol–water partition coefficient (Wildman–Crippen LogP) is 3.76. The first kappa shape index (κ1) is 17.7. The van der Waals surface area contributed by atoms with Crippen LogP contribution >= 0.6 is 0 Å². The van der Waals surface area contributed by atoms with Crippen LogP contribution in [0.1, 0.15) is 42.6 Å². The lowest BCUT2D eigenvalue weighted by Gasteiger charge is -2.32. The Hall–Kier alpha value is -2.10. The fourth-order valence-electron chi connectivity index (χ4n) is 3.60. The second-order valence-corrected chi connectivity index (χ2v) is 7.27. The number of hydrogen-bond acceptors (Lipinski definition) is 2. The van der Waals surface area contributed by atoms with Crippen LogP contribution in [0, 0.1) is 19.8 Å². The van der Waals surface area contributed by atoms with Gasteiger partial charge in [-0.1, -0.05) is 29.8 Å². The molecule has 1 fully saturated rings. The van der Waals surface area contributed by atoms with Gasteiger partial charge in [-0.05, 0) is 51.0 Å². The molecule has 1 aromatic heterocycles. The van der Waals surface area contributed by atoms with E-state index in [4.69, 9.17) is 0 Å². The lowest BCUT2D eigenvalue weighted by Crippen LogP contribution is -2.38. The van der Waals surface area contributed by atoms with Crippen molar-refractivity contribution in [2.75, 3.05) is 13.1 Å². The molecule has 4 heteroatoms. The smallest absolute Gasteiger partial charge is 0.222 e. The van der Waals surface area contributed by atoms with Gasteiger partial charge in [-0.15, -0.1) is 0 Å². The summed E-state index contributed by atoms with van der Waals surface area (Å²) in [5.74, 6) is 2.12. The van der Waals surface area contributed by atoms with Gasteiger partial charge in [0, 0.05) is 38.4 Å². The summed E-state index contributed by atoms with van der Waals surface area (Å²) >= 11 is 0. The van der Waals surface area contributed by atoms with Gasteiger partial charge in [-0.2, -0.15) is 0 Å². The SMILES string of the molecule is Cc1ccc(CCC(=O)N2CCC(CCn3ccnc3C)CC2)cc1. The quantitative estimate of drug-likeness (QED) is 0.804. The summed E-state index contributed by atoms with van der Waals surface area (Å²) < 4.78 is 2.22. The Morgan fingerprint density at radius 3 is 2.52 bits per heavy atom. The molecule has 0 atom stereocenters. The average Bonchev–Trinajstić information content (AvgIpc) is 3.04. The van der Waals surface area contributed by atoms with Gasteiger partial charge in [-0.25, -0.2) is 4.98 Å². The minimum Gasteiger partial charge on any atom is -0.343 e. The van der Waals surface area contributed by atoms with E-state index in [0.717, 1.165) is 50.6 Å². The van der Waals surface area contributed by atoms with Crippen LogP contribution in [-0.4, -0.2) is 33.4 Å². The molecule has 0 aliphatic carbocycles. The maximum Gasteiger partial charge on any atom is 0.222 e. The Labute approximate surface area is 150 Å². The van der Waals surface area contributed by atoms with Gasteiger partial charge in [0.25, 0.3) is 0 Å². The van der Waals surface area contributed by atoms with Crippen molar-refractivity contribution in [3.05, 3.63) is 53.6 Å². The molecule has 1 aliphatic rings. The molecule has 134 valence electrons. The Morgan fingerprint density at radius 1 is 1.16 bits per heavy atom. The Bertz CT molecular complexity index is 681. The number of nitrogens with zero attached hydrogens (tertiary/aromatic N) is 3. The first-order valence-electron chi connectivity index (χ1n) is 9.43. The Morgan fingerprint density at radius 2 is 1.88 bits per heavy atom. The lowest BCUT2D eigenvalue weighted by molar-refractivity contribution is -0.132. The number of aromatic nitrogens is 2. The monoisotopic (exact) mass is 339 g/mol. The number of amides is 1. The third-order valence-corrected chi connectivity index (χ3v) is 5.42. The minimum absolute atomic E-state index is 0.310. The van der Waals surface area contributed by atoms with Crippen LogP contribution in [0.2, 0.25) is 0 Å². The number of carbonyl (C=O) groups is 1. The highest BCUT2D eigenvalue weighted by Gasteiger charge is 2.22. The minimum atomic E-state index is 0.310. The van der Waals surface area contributed by atoms with Crippen LogP contribution in [0.3, 0.4) is 0 Å². The molecule has 4 nitrogen and oxygen atoms in total. The first-order valence-corrected chi connectivity index (χ1v) is 9.43. The largest absolute Gasteiger partial charge is 0.343 e. The van der Waals surface area contributed by atoms with Crippen molar-refractivity contribution in [3.63, 3.8) is 0 Å². The second-order valence-electron chi connectivity index (χ2n) is 7.27. The van der Waals surface area contributed by atoms with E-state index in [9.17, 15) is 4.79 Å². The van der Waals surface area contributed by atoms with Crippen molar-refractivity contribution in [2.24, 2.45) is 5.92 Å². The molecular formula is C21H29N3O. The summed E-state index contributed by atoms with van der Waals surface area (Å²) in [6.07, 6.45) is 8.83. The molecule has 0 radical (unpaired) electrons. The maximum absolute atomic E-state index is 12.4. The molecule has 0 bridgehead atoms. The van der Waals surface area contributed by atoms with Crippen molar-refractivity contribution < 1.29 is 4.79 Å². The number of carbonyl (C=O) groups excluding carboxylic acids is 1. The molecule has 2 aromatic rings. The highest BCUT2D eigenvalue weighted by atomic mass is 16.2. The van der Waals surface area contributed by atoms with E-state index in [0.29, 0.717) is 12.3 Å². The predicted molar refractivity (Wildman–Crippen MR) is 100 cm³/mol. The van der Waals surface area contributed by atoms with Gasteiger partial charge in [0.1, 0.15) is 5.82 Å². The van der Waals surface area contributed by atoms with E-state index in [1.165, 1.54) is 17.5 Å². The van der Waals surface area contributed by atoms with Crippen molar-refractivity contribution in [1.82, 2.24) is 14.5 Å². The molecule has 25 heavy (non-hydrogen) atoms. The number of aryl methyl sites for hydroxylation is 4. The van der Waals surface area contributed by atoms with Gasteiger partial charge in [0.2, 0.25) is 5.91 Å². The van der Waals surface area contributed by atoms with Gasteiger partial charge in [0.05, 0.1) is 0 Å². The van der Waals surface area contributed by atoms with Crippen molar-refractivity contribution in [3.8, 4) is 0 Å². The molecule has 3 rings (SSSR count). The molecule has 1 amide bonds. The van der Waals surface area contributed by atoms with E-state index in [2.05, 4.69) is 58.8 Å². The van der Waals surface area contributed by atoms with Crippen LogP contribution in [0.4, 0.5) is 0 Å². The summed E-state index contributed by atoms with van der Waals surface area (Å²) in [5.41, 5.74) is 2.52. The number of likely N-dealkylation sites (tertiary alicyclic amines) is 1. The fraction of sp³-hybridized carbons (Fsp3) is 0.524. The normalized spacial score (nSPS) is 15.5. The Balaban J connectivity index is 1.38. The van der Waals surface area contributed by atoms with E-state index in [-0.39, 0.29) is 0 Å². The van der Waals surface area contributed by atoms with Crippen molar-refractivity contribution in [1.29, 1.82) is 0 Å². The van der Waals surface area contributed by atoms with Crippen LogP contribution in [0.15, 0.2) is 36.7 Å². The highest BCUT2D eigenvalue weighted by molar-refractivity contribution is 5.76. The number of benzene rings is 1. The first-order chi connectivity index (χ1) is 12.1. The third kappa shape index (κ3) is 4.94. The van der Waals surface area contributed by atoms with Gasteiger partial charge in [-0.3, -0.25) is 4.79 Å². The molecule has 0 N–H and O–H groups in total. The van der Waals surface area contributed by atoms with Crippen LogP contribution in [-0.2, 0) is 17.8 Å². The van der Waals surface area contributed by atoms with Crippen molar-refractivity contribution in [2.45, 2.75) is 52.5 Å². The summed E-state index contributed by atoms with van der Waals surface area (Å²) in [7, 11) is 0. The second kappa shape index (κ2) is 8.32. The fourth-order valence-corrected chi connectivity index (χ4v) is 3.60. The van der Waals surface area contributed by atoms with Gasteiger partial charge in [0.15, 0.2) is 0 Å². The number of rotatable bonds is 6. The molecule has 1 aliphatic heterocycles. The van der Waals surface area contributed by atoms with Crippen LogP contribution in [0.5, 0.6) is 0 Å². The van der Waals surface area contributed by atoms with E-state index >= 15 is 0 Å². The van der Waals surface area contributed by atoms with Gasteiger partial charge >= 0.3 is 0 Å². The van der Waals surface area contributed by atoms with E-state index in [1.807, 2.05) is 6.20 Å². The molecule has 2 heterocycles. The van der Waals surface area contributed by atoms with E-state index < -0.39 is 0 Å². The zero-order valence-corrected chi connectivity index (χ0v) is 15.4. The summed E-state index contributed by atoms with van der Waals surface area (Å²) in [6.45, 7) is 7.01. The lowest BCUT2D eigenvalue weighted by atomic mass is 9.93. The molecule has 0 spiro atoms. The highest BCUT2D eigenvalue weighted by Crippen LogP contribution is 2.22. The zero-order chi connectivity index (χ0) is 17.6. The van der Waals surface area contributed by atoms with Crippen LogP contribution in [0.25, 0.3) is 0 Å². The van der Waals surface area contributed by atoms with Crippen LogP contribution < -0.4 is 0 Å². The third-order valence-electron chi connectivity index (χ3n) is 5.42. The summed E-state index contributed by atoms with van der Waals surface area (Å²) in [6, 6.07) is 8.50. The number of hydrogen-bond donors (Lipinski definition) is 0. The summed E-state index contributed by atoms with van der Waals surface area (Å²) in [5, 5.41) is 0. The molecule has 0 saturated carbocycles. The molecule has 0 unspecified atom stereocenters. The molecular weight excluding hydrogens is 310 g/mol. The van der Waals surface area contributed by atoms with Gasteiger partial charge < -0.3 is 9.47 Å². The summed E-state index contributed by atoms with van der Waals surface area (Å²) in [4.78, 5) is 18.8. The maximum atomic E-state index is 12.4. The number of imidazole rings is 1. The Kier molecular flexibility index (Phi) is 5.90. The topological polar surface area (TPSA) is 38.1 Å². The standard InChI is InChI=1S/C21H29N3O/c1-17-3-5-19(6-4-17)7-8-21(25)24-14-10-20(11-15-24)9-13-23-16-12-22-18(23)2/h3-6,12,16,20H,7-11,13-15H2,1-2H3. The number of piperidine rings is 1. The molecule has 1 saturated heterocycles. The molecule has 1 aromatic carbocycles. The van der Waals surface area contributed by atoms with Crippen molar-refractivity contribution >= 4 is 5.91 Å². The average molecular weight is 339 g/mol. The zero-order valence-electron chi connectivity index (χ0n) is 15.4. The van der Waals surface area contributed by atoms with E-state index in [1.54, 1.807) is 0 Å².